The number of benzene rings is 2. The van der Waals surface area contributed by atoms with Crippen LogP contribution in [0.2, 0.25) is 0 Å². The molecule has 1 aliphatic carbocycles. The van der Waals surface area contributed by atoms with Crippen molar-refractivity contribution in [3.05, 3.63) is 95.8 Å². The minimum absolute atomic E-state index is 0.0378. The molecule has 2 aromatic carbocycles. The van der Waals surface area contributed by atoms with Gasteiger partial charge in [0.05, 0.1) is 10.8 Å². The lowest BCUT2D eigenvalue weighted by Gasteiger charge is -2.30. The molecule has 4 N–H and O–H groups in total. The van der Waals surface area contributed by atoms with E-state index in [0.29, 0.717) is 6.42 Å². The van der Waals surface area contributed by atoms with Gasteiger partial charge in [0.2, 0.25) is 21.7 Å². The highest BCUT2D eigenvalue weighted by atomic mass is 32.2. The van der Waals surface area contributed by atoms with Gasteiger partial charge in [0.15, 0.2) is 0 Å². The average molecular weight is 535 g/mol. The zero-order valence-corrected chi connectivity index (χ0v) is 21.5. The van der Waals surface area contributed by atoms with Crippen LogP contribution in [0.3, 0.4) is 0 Å². The molecule has 1 fully saturated rings. The number of aromatic nitrogens is 1. The molecule has 1 aliphatic rings. The Labute approximate surface area is 222 Å². The van der Waals surface area contributed by atoms with Gasteiger partial charge in [-0.15, -0.1) is 0 Å². The fourth-order valence-electron chi connectivity index (χ4n) is 4.37. The van der Waals surface area contributed by atoms with Gasteiger partial charge in [-0.3, -0.25) is 14.6 Å². The highest BCUT2D eigenvalue weighted by molar-refractivity contribution is 7.89. The smallest absolute Gasteiger partial charge is 0.426 e. The second-order valence-electron chi connectivity index (χ2n) is 9.50. The molecule has 1 aromatic heterocycles. The number of carbonyl (C=O) groups is 2. The van der Waals surface area contributed by atoms with E-state index in [-0.39, 0.29) is 28.5 Å². The van der Waals surface area contributed by atoms with Gasteiger partial charge in [-0.1, -0.05) is 67.8 Å². The average Bonchev–Trinajstić information content (AvgIpc) is 2.90. The summed E-state index contributed by atoms with van der Waals surface area (Å²) in [6.45, 7) is 0. The largest absolute Gasteiger partial charge is 0.475 e. The predicted molar refractivity (Wildman–Crippen MR) is 142 cm³/mol. The fraction of sp³-hybridized carbons (Fsp3) is 0.296. The molecule has 1 amide bonds. The Balaban J connectivity index is 1.56. The lowest BCUT2D eigenvalue weighted by molar-refractivity contribution is -0.123. The van der Waals surface area contributed by atoms with Crippen LogP contribution in [0.15, 0.2) is 83.9 Å². The standard InChI is InChI=1S/C27H30BN3O6S/c32-26(23-14-4-5-15-29-23)21-12-7-13-22(18-21)38(36,37)31-24(16-19-8-2-1-3-9-19)27(33)30-25(28(34)35)17-20-10-6-11-20/h1-5,7-9,12-15,18,20,24-25,31,34-35H,6,10-11,16-17H2,(H,30,33). The Morgan fingerprint density at radius 2 is 1.74 bits per heavy atom. The monoisotopic (exact) mass is 535 g/mol. The first-order valence-electron chi connectivity index (χ1n) is 12.5. The molecule has 4 rings (SSSR count). The Morgan fingerprint density at radius 3 is 2.37 bits per heavy atom. The third-order valence-corrected chi connectivity index (χ3v) is 8.17. The zero-order valence-electron chi connectivity index (χ0n) is 20.7. The van der Waals surface area contributed by atoms with Crippen LogP contribution in [0, 0.1) is 5.92 Å². The van der Waals surface area contributed by atoms with E-state index >= 15 is 0 Å². The summed E-state index contributed by atoms with van der Waals surface area (Å²) in [5, 5.41) is 22.3. The van der Waals surface area contributed by atoms with E-state index in [1.807, 2.05) is 6.07 Å². The van der Waals surface area contributed by atoms with Crippen molar-refractivity contribution < 1.29 is 28.1 Å². The lowest BCUT2D eigenvalue weighted by Crippen LogP contribution is -2.55. The number of amides is 1. The quantitative estimate of drug-likeness (QED) is 0.205. The lowest BCUT2D eigenvalue weighted by atomic mass is 9.69. The Kier molecular flexibility index (Phi) is 9.06. The van der Waals surface area contributed by atoms with Crippen LogP contribution < -0.4 is 10.0 Å². The van der Waals surface area contributed by atoms with Crippen molar-refractivity contribution in [2.45, 2.75) is 49.0 Å². The first-order chi connectivity index (χ1) is 18.2. The number of nitrogens with zero attached hydrogens (tertiary/aromatic N) is 1. The summed E-state index contributed by atoms with van der Waals surface area (Å²) in [4.78, 5) is 30.0. The van der Waals surface area contributed by atoms with Crippen LogP contribution in [0.5, 0.6) is 0 Å². The molecule has 0 spiro atoms. The van der Waals surface area contributed by atoms with Gasteiger partial charge in [0, 0.05) is 11.8 Å². The van der Waals surface area contributed by atoms with Crippen molar-refractivity contribution in [2.24, 2.45) is 5.92 Å². The number of rotatable bonds is 12. The van der Waals surface area contributed by atoms with E-state index in [2.05, 4.69) is 15.0 Å². The van der Waals surface area contributed by atoms with E-state index in [4.69, 9.17) is 0 Å². The van der Waals surface area contributed by atoms with Gasteiger partial charge in [-0.05, 0) is 48.6 Å². The zero-order chi connectivity index (χ0) is 27.1. The summed E-state index contributed by atoms with van der Waals surface area (Å²) in [5.74, 6) is -1.74. The number of pyridine rings is 1. The van der Waals surface area contributed by atoms with Gasteiger partial charge >= 0.3 is 7.12 Å². The minimum atomic E-state index is -4.24. The molecule has 0 bridgehead atoms. The molecule has 9 nitrogen and oxygen atoms in total. The summed E-state index contributed by atoms with van der Waals surface area (Å²) < 4.78 is 29.2. The third-order valence-electron chi connectivity index (χ3n) is 6.70. The summed E-state index contributed by atoms with van der Waals surface area (Å²) in [6.07, 6.45) is 4.87. The van der Waals surface area contributed by atoms with Crippen LogP contribution in [0.25, 0.3) is 0 Å². The second-order valence-corrected chi connectivity index (χ2v) is 11.2. The van der Waals surface area contributed by atoms with Crippen molar-refractivity contribution in [3.63, 3.8) is 0 Å². The fourth-order valence-corrected chi connectivity index (χ4v) is 5.61. The molecule has 0 saturated heterocycles. The molecule has 1 saturated carbocycles. The highest BCUT2D eigenvalue weighted by Crippen LogP contribution is 2.30. The normalized spacial score (nSPS) is 15.2. The summed E-state index contributed by atoms with van der Waals surface area (Å²) >= 11 is 0. The van der Waals surface area contributed by atoms with E-state index in [9.17, 15) is 28.1 Å². The Bertz CT molecular complexity index is 1350. The van der Waals surface area contributed by atoms with E-state index < -0.39 is 40.8 Å². The van der Waals surface area contributed by atoms with Crippen LogP contribution in [-0.2, 0) is 21.2 Å². The number of sulfonamides is 1. The minimum Gasteiger partial charge on any atom is -0.426 e. The molecule has 2 unspecified atom stereocenters. The maximum absolute atomic E-state index is 13.4. The topological polar surface area (TPSA) is 146 Å². The van der Waals surface area contributed by atoms with E-state index in [0.717, 1.165) is 24.8 Å². The van der Waals surface area contributed by atoms with Gasteiger partial charge in [0.25, 0.3) is 0 Å². The van der Waals surface area contributed by atoms with Crippen LogP contribution in [0.1, 0.15) is 47.3 Å². The van der Waals surface area contributed by atoms with Crippen LogP contribution in [-0.4, -0.2) is 54.2 Å². The molecule has 198 valence electrons. The maximum Gasteiger partial charge on any atom is 0.475 e. The van der Waals surface area contributed by atoms with Crippen molar-refractivity contribution in [3.8, 4) is 0 Å². The second kappa shape index (κ2) is 12.4. The first kappa shape index (κ1) is 27.7. The van der Waals surface area contributed by atoms with Crippen molar-refractivity contribution >= 4 is 28.8 Å². The van der Waals surface area contributed by atoms with Gasteiger partial charge in [-0.2, -0.15) is 4.72 Å². The number of hydrogen-bond acceptors (Lipinski definition) is 7. The van der Waals surface area contributed by atoms with Crippen molar-refractivity contribution in [2.75, 3.05) is 0 Å². The number of carbonyl (C=O) groups excluding carboxylic acids is 2. The molecule has 2 atom stereocenters. The molecular formula is C27H30BN3O6S. The molecule has 1 heterocycles. The molecular weight excluding hydrogens is 505 g/mol. The Hall–Kier alpha value is -3.38. The van der Waals surface area contributed by atoms with Crippen molar-refractivity contribution in [1.82, 2.24) is 15.0 Å². The third kappa shape index (κ3) is 7.14. The Morgan fingerprint density at radius 1 is 1.00 bits per heavy atom. The molecule has 0 aliphatic heterocycles. The molecule has 0 radical (unpaired) electrons. The van der Waals surface area contributed by atoms with Gasteiger partial charge in [0.1, 0.15) is 11.7 Å². The number of nitrogens with one attached hydrogen (secondary N) is 2. The molecule has 11 heteroatoms. The highest BCUT2D eigenvalue weighted by Gasteiger charge is 2.34. The van der Waals surface area contributed by atoms with Gasteiger partial charge < -0.3 is 15.4 Å². The van der Waals surface area contributed by atoms with Crippen molar-refractivity contribution in [1.29, 1.82) is 0 Å². The number of ketones is 1. The first-order valence-corrected chi connectivity index (χ1v) is 14.0. The van der Waals surface area contributed by atoms with Crippen LogP contribution in [0.4, 0.5) is 0 Å². The van der Waals surface area contributed by atoms with E-state index in [1.165, 1.54) is 36.5 Å². The maximum atomic E-state index is 13.4. The molecule has 38 heavy (non-hydrogen) atoms. The summed E-state index contributed by atoms with van der Waals surface area (Å²) in [7, 11) is -6.02. The summed E-state index contributed by atoms with van der Waals surface area (Å²) in [5.41, 5.74) is 1.03. The van der Waals surface area contributed by atoms with Gasteiger partial charge in [-0.25, -0.2) is 8.42 Å². The SMILES string of the molecule is O=C(c1cccc(S(=O)(=O)NC(Cc2ccccc2)C(=O)NC(CC2CCC2)B(O)O)c1)c1ccccn1. The number of hydrogen-bond donors (Lipinski definition) is 4. The van der Waals surface area contributed by atoms with E-state index in [1.54, 1.807) is 36.4 Å². The summed E-state index contributed by atoms with van der Waals surface area (Å²) in [6, 6.07) is 18.1. The predicted octanol–water partition coefficient (Wildman–Crippen LogP) is 1.89. The van der Waals surface area contributed by atoms with Crippen LogP contribution >= 0.6 is 0 Å². The molecule has 3 aromatic rings.